The molecule has 178 valence electrons. The third-order valence-electron chi connectivity index (χ3n) is 5.23. The molecule has 0 bridgehead atoms. The lowest BCUT2D eigenvalue weighted by Crippen LogP contribution is -2.36. The van der Waals surface area contributed by atoms with E-state index >= 15 is 0 Å². The summed E-state index contributed by atoms with van der Waals surface area (Å²) >= 11 is 0. The average molecular weight is 456 g/mol. The number of benzene rings is 2. The molecule has 0 aliphatic heterocycles. The molecule has 0 saturated heterocycles. The molecule has 0 aliphatic carbocycles. The fourth-order valence-corrected chi connectivity index (χ4v) is 3.63. The number of ether oxygens (including phenoxy) is 4. The monoisotopic (exact) mass is 455 g/mol. The quantitative estimate of drug-likeness (QED) is 0.423. The van der Waals surface area contributed by atoms with Crippen LogP contribution in [0.15, 0.2) is 54.6 Å². The molecule has 0 spiro atoms. The van der Waals surface area contributed by atoms with Crippen LogP contribution in [-0.4, -0.2) is 73.5 Å². The molecule has 0 radical (unpaired) electrons. The van der Waals surface area contributed by atoms with Gasteiger partial charge in [0.25, 0.3) is 0 Å². The minimum absolute atomic E-state index is 0.261. The Hall–Kier alpha value is -2.91. The molecule has 1 aromatic heterocycles. The Balaban J connectivity index is 1.97. The number of aryl methyl sites for hydroxylation is 1. The normalized spacial score (nSPS) is 12.2. The van der Waals surface area contributed by atoms with E-state index in [1.54, 1.807) is 26.0 Å². The minimum atomic E-state index is -0.616. The van der Waals surface area contributed by atoms with Crippen molar-refractivity contribution < 1.29 is 24.1 Å². The zero-order valence-electron chi connectivity index (χ0n) is 19.7. The Bertz CT molecular complexity index is 976. The van der Waals surface area contributed by atoms with Gasteiger partial charge in [-0.15, -0.1) is 0 Å². The van der Waals surface area contributed by atoms with Crippen molar-refractivity contribution in [1.29, 1.82) is 0 Å². The van der Waals surface area contributed by atoms with E-state index in [2.05, 4.69) is 4.90 Å². The molecule has 1 heterocycles. The number of aliphatic hydroxyl groups is 1. The second-order valence-electron chi connectivity index (χ2n) is 7.74. The van der Waals surface area contributed by atoms with Gasteiger partial charge in [0, 0.05) is 46.5 Å². The van der Waals surface area contributed by atoms with Crippen LogP contribution >= 0.6 is 0 Å². The van der Waals surface area contributed by atoms with Crippen molar-refractivity contribution in [2.45, 2.75) is 12.6 Å². The first-order valence-electron chi connectivity index (χ1n) is 10.9. The van der Waals surface area contributed by atoms with Gasteiger partial charge in [-0.1, -0.05) is 30.3 Å². The summed E-state index contributed by atoms with van der Waals surface area (Å²) in [7, 11) is 6.75. The number of hydrogen-bond donors (Lipinski definition) is 1. The van der Waals surface area contributed by atoms with E-state index in [0.717, 1.165) is 22.6 Å². The van der Waals surface area contributed by atoms with Crippen LogP contribution in [-0.2, 0) is 23.1 Å². The van der Waals surface area contributed by atoms with Gasteiger partial charge in [-0.05, 0) is 24.3 Å². The number of rotatable bonds is 13. The van der Waals surface area contributed by atoms with Crippen molar-refractivity contribution in [3.05, 3.63) is 60.2 Å². The van der Waals surface area contributed by atoms with Crippen LogP contribution in [0.1, 0.15) is 5.56 Å². The maximum absolute atomic E-state index is 10.4. The van der Waals surface area contributed by atoms with Crippen molar-refractivity contribution in [1.82, 2.24) is 14.7 Å². The molecule has 0 amide bonds. The number of aliphatic hydroxyl groups excluding tert-OH is 1. The molecule has 1 atom stereocenters. The number of nitrogens with zero attached hydrogens (tertiary/aromatic N) is 3. The predicted octanol–water partition coefficient (Wildman–Crippen LogP) is 3.34. The molecular weight excluding hydrogens is 422 g/mol. The summed E-state index contributed by atoms with van der Waals surface area (Å²) in [6, 6.07) is 17.5. The second-order valence-corrected chi connectivity index (χ2v) is 7.74. The fraction of sp³-hybridized carbons (Fsp3) is 0.400. The third kappa shape index (κ3) is 6.79. The summed E-state index contributed by atoms with van der Waals surface area (Å²) in [6.45, 7) is 2.39. The van der Waals surface area contributed by atoms with Crippen molar-refractivity contribution in [3.63, 3.8) is 0 Å². The van der Waals surface area contributed by atoms with Crippen molar-refractivity contribution in [3.8, 4) is 28.6 Å². The molecule has 8 heteroatoms. The molecule has 33 heavy (non-hydrogen) atoms. The highest BCUT2D eigenvalue weighted by atomic mass is 16.5. The molecule has 0 fully saturated rings. The van der Waals surface area contributed by atoms with Crippen LogP contribution in [0.4, 0.5) is 0 Å². The van der Waals surface area contributed by atoms with E-state index in [9.17, 15) is 5.11 Å². The van der Waals surface area contributed by atoms with Crippen LogP contribution < -0.4 is 9.47 Å². The topological polar surface area (TPSA) is 78.2 Å². The van der Waals surface area contributed by atoms with Crippen LogP contribution in [0.25, 0.3) is 11.3 Å². The van der Waals surface area contributed by atoms with Crippen LogP contribution in [0.5, 0.6) is 17.4 Å². The lowest BCUT2D eigenvalue weighted by Gasteiger charge is -2.25. The van der Waals surface area contributed by atoms with Crippen molar-refractivity contribution >= 4 is 0 Å². The van der Waals surface area contributed by atoms with E-state index in [4.69, 9.17) is 24.0 Å². The molecule has 1 N–H and O–H groups in total. The van der Waals surface area contributed by atoms with Gasteiger partial charge in [0.05, 0.1) is 32.0 Å². The van der Waals surface area contributed by atoms with Gasteiger partial charge in [-0.3, -0.25) is 4.90 Å². The second kappa shape index (κ2) is 12.4. The predicted molar refractivity (Wildman–Crippen MR) is 127 cm³/mol. The first-order chi connectivity index (χ1) is 16.0. The maximum atomic E-state index is 10.4. The molecule has 3 rings (SSSR count). The van der Waals surface area contributed by atoms with Gasteiger partial charge in [0.15, 0.2) is 0 Å². The Kier molecular flexibility index (Phi) is 9.26. The first kappa shape index (κ1) is 24.7. The van der Waals surface area contributed by atoms with Gasteiger partial charge in [0.1, 0.15) is 17.2 Å². The Morgan fingerprint density at radius 1 is 0.970 bits per heavy atom. The smallest absolute Gasteiger partial charge is 0.222 e. The van der Waals surface area contributed by atoms with E-state index in [-0.39, 0.29) is 6.61 Å². The molecule has 0 unspecified atom stereocenters. The molecular formula is C25H33N3O5. The van der Waals surface area contributed by atoms with Crippen LogP contribution in [0.3, 0.4) is 0 Å². The average Bonchev–Trinajstić information content (AvgIpc) is 3.13. The third-order valence-corrected chi connectivity index (χ3v) is 5.23. The largest absolute Gasteiger partial charge is 0.497 e. The van der Waals surface area contributed by atoms with Gasteiger partial charge >= 0.3 is 0 Å². The van der Waals surface area contributed by atoms with Crippen LogP contribution in [0.2, 0.25) is 0 Å². The van der Waals surface area contributed by atoms with E-state index in [1.807, 2.05) is 61.6 Å². The van der Waals surface area contributed by atoms with E-state index in [0.29, 0.717) is 37.9 Å². The summed E-state index contributed by atoms with van der Waals surface area (Å²) in [5.41, 5.74) is 2.77. The Labute approximate surface area is 195 Å². The highest BCUT2D eigenvalue weighted by Gasteiger charge is 2.23. The summed E-state index contributed by atoms with van der Waals surface area (Å²) < 4.78 is 23.7. The molecule has 8 nitrogen and oxygen atoms in total. The zero-order valence-corrected chi connectivity index (χ0v) is 19.7. The number of methoxy groups -OCH3 is 3. The van der Waals surface area contributed by atoms with E-state index in [1.165, 1.54) is 0 Å². The van der Waals surface area contributed by atoms with Crippen molar-refractivity contribution in [2.75, 3.05) is 47.6 Å². The molecule has 0 aliphatic rings. The summed E-state index contributed by atoms with van der Waals surface area (Å²) in [5.74, 6) is 2.08. The molecule has 3 aromatic rings. The van der Waals surface area contributed by atoms with Gasteiger partial charge < -0.3 is 24.1 Å². The minimum Gasteiger partial charge on any atom is -0.497 e. The standard InChI is InChI=1S/C25H33N3O5/c1-27-25(33-22-12-10-21(32-4)11-13-22)23(24(26-27)19-8-6-5-7-9-19)17-28(14-15-30-2)16-20(29)18-31-3/h5-13,20,29H,14-18H2,1-4H3/t20-/m0/s1. The summed E-state index contributed by atoms with van der Waals surface area (Å²) in [4.78, 5) is 2.12. The van der Waals surface area contributed by atoms with E-state index < -0.39 is 6.10 Å². The van der Waals surface area contributed by atoms with Crippen LogP contribution in [0, 0.1) is 0 Å². The SMILES string of the molecule is COCCN(Cc1c(-c2ccccc2)nn(C)c1Oc1ccc(OC)cc1)C[C@H](O)COC. The fourth-order valence-electron chi connectivity index (χ4n) is 3.63. The van der Waals surface area contributed by atoms with Crippen molar-refractivity contribution in [2.24, 2.45) is 7.05 Å². The highest BCUT2D eigenvalue weighted by Crippen LogP contribution is 2.34. The zero-order chi connectivity index (χ0) is 23.6. The highest BCUT2D eigenvalue weighted by molar-refractivity contribution is 5.65. The maximum Gasteiger partial charge on any atom is 0.222 e. The molecule has 2 aromatic carbocycles. The molecule has 0 saturated carbocycles. The number of aromatic nitrogens is 2. The Morgan fingerprint density at radius 2 is 1.67 bits per heavy atom. The van der Waals surface area contributed by atoms with Gasteiger partial charge in [-0.2, -0.15) is 5.10 Å². The Morgan fingerprint density at radius 3 is 2.30 bits per heavy atom. The number of hydrogen-bond acceptors (Lipinski definition) is 7. The van der Waals surface area contributed by atoms with Gasteiger partial charge in [0.2, 0.25) is 5.88 Å². The lowest BCUT2D eigenvalue weighted by molar-refractivity contribution is 0.0292. The first-order valence-corrected chi connectivity index (χ1v) is 10.9. The summed E-state index contributed by atoms with van der Waals surface area (Å²) in [6.07, 6.45) is -0.616. The lowest BCUT2D eigenvalue weighted by atomic mass is 10.1. The van der Waals surface area contributed by atoms with Gasteiger partial charge in [-0.25, -0.2) is 4.68 Å². The summed E-state index contributed by atoms with van der Waals surface area (Å²) in [5, 5.41) is 15.2.